The van der Waals surface area contributed by atoms with Gasteiger partial charge in [0, 0.05) is 29.7 Å². The maximum Gasteiger partial charge on any atom is 0.162 e. The summed E-state index contributed by atoms with van der Waals surface area (Å²) in [6, 6.07) is 7.52. The highest BCUT2D eigenvalue weighted by atomic mass is 79.9. The fourth-order valence-electron chi connectivity index (χ4n) is 1.85. The molecule has 0 unspecified atom stereocenters. The lowest BCUT2D eigenvalue weighted by Crippen LogP contribution is -2.03. The van der Waals surface area contributed by atoms with Crippen LogP contribution in [0.15, 0.2) is 28.7 Å². The van der Waals surface area contributed by atoms with Crippen molar-refractivity contribution in [2.75, 3.05) is 13.2 Å². The van der Waals surface area contributed by atoms with E-state index in [4.69, 9.17) is 4.74 Å². The highest BCUT2D eigenvalue weighted by molar-refractivity contribution is 9.10. The molecule has 2 nitrogen and oxygen atoms in total. The second-order valence-electron chi connectivity index (χ2n) is 4.71. The Labute approximate surface area is 124 Å². The third kappa shape index (κ3) is 7.48. The Hall–Kier alpha value is -0.670. The molecular formula is C16H23BrO2. The van der Waals surface area contributed by atoms with Gasteiger partial charge in [0.25, 0.3) is 0 Å². The SMILES string of the molecule is CCCCCCOCCCC(=O)c1ccc(Br)cc1. The topological polar surface area (TPSA) is 26.3 Å². The summed E-state index contributed by atoms with van der Waals surface area (Å²) in [7, 11) is 0. The highest BCUT2D eigenvalue weighted by Crippen LogP contribution is 2.12. The lowest BCUT2D eigenvalue weighted by atomic mass is 10.1. The Kier molecular flexibility index (Phi) is 8.76. The van der Waals surface area contributed by atoms with Crippen molar-refractivity contribution in [3.8, 4) is 0 Å². The number of hydrogen-bond donors (Lipinski definition) is 0. The van der Waals surface area contributed by atoms with E-state index in [1.165, 1.54) is 19.3 Å². The molecule has 0 aromatic heterocycles. The number of hydrogen-bond acceptors (Lipinski definition) is 2. The number of Topliss-reactive ketones (excluding diaryl/α,β-unsaturated/α-hetero) is 1. The molecule has 1 aromatic rings. The second kappa shape index (κ2) is 10.2. The van der Waals surface area contributed by atoms with Crippen molar-refractivity contribution in [2.45, 2.75) is 45.4 Å². The van der Waals surface area contributed by atoms with Gasteiger partial charge in [0.1, 0.15) is 0 Å². The van der Waals surface area contributed by atoms with Crippen LogP contribution in [0.3, 0.4) is 0 Å². The zero-order chi connectivity index (χ0) is 13.9. The number of ether oxygens (including phenoxy) is 1. The van der Waals surface area contributed by atoms with Crippen LogP contribution in [0, 0.1) is 0 Å². The van der Waals surface area contributed by atoms with E-state index >= 15 is 0 Å². The molecule has 0 bridgehead atoms. The van der Waals surface area contributed by atoms with Crippen LogP contribution < -0.4 is 0 Å². The van der Waals surface area contributed by atoms with Gasteiger partial charge < -0.3 is 4.74 Å². The number of rotatable bonds is 10. The van der Waals surface area contributed by atoms with Gasteiger partial charge in [0.15, 0.2) is 5.78 Å². The zero-order valence-electron chi connectivity index (χ0n) is 11.7. The smallest absolute Gasteiger partial charge is 0.162 e. The molecule has 0 saturated heterocycles. The fourth-order valence-corrected chi connectivity index (χ4v) is 2.11. The largest absolute Gasteiger partial charge is 0.381 e. The number of halogens is 1. The molecule has 0 aliphatic rings. The summed E-state index contributed by atoms with van der Waals surface area (Å²) in [6.45, 7) is 3.72. The average Bonchev–Trinajstić information content (AvgIpc) is 2.42. The van der Waals surface area contributed by atoms with E-state index in [0.717, 1.165) is 29.5 Å². The Morgan fingerprint density at radius 1 is 1.05 bits per heavy atom. The predicted molar refractivity (Wildman–Crippen MR) is 82.7 cm³/mol. The Morgan fingerprint density at radius 2 is 1.74 bits per heavy atom. The molecule has 0 heterocycles. The molecule has 0 aliphatic carbocycles. The van der Waals surface area contributed by atoms with E-state index in [1.54, 1.807) is 0 Å². The molecule has 0 amide bonds. The van der Waals surface area contributed by atoms with Gasteiger partial charge in [0.2, 0.25) is 0 Å². The van der Waals surface area contributed by atoms with Crippen molar-refractivity contribution in [3.63, 3.8) is 0 Å². The fraction of sp³-hybridized carbons (Fsp3) is 0.562. The minimum Gasteiger partial charge on any atom is -0.381 e. The van der Waals surface area contributed by atoms with Gasteiger partial charge >= 0.3 is 0 Å². The molecule has 0 radical (unpaired) electrons. The number of carbonyl (C=O) groups excluding carboxylic acids is 1. The van der Waals surface area contributed by atoms with Crippen LogP contribution in [0.5, 0.6) is 0 Å². The Morgan fingerprint density at radius 3 is 2.42 bits per heavy atom. The first-order chi connectivity index (χ1) is 9.24. The lowest BCUT2D eigenvalue weighted by molar-refractivity contribution is 0.0933. The maximum absolute atomic E-state index is 11.9. The van der Waals surface area contributed by atoms with Crippen LogP contribution in [0.25, 0.3) is 0 Å². The molecule has 0 fully saturated rings. The van der Waals surface area contributed by atoms with Crippen LogP contribution >= 0.6 is 15.9 Å². The van der Waals surface area contributed by atoms with Crippen LogP contribution in [-0.2, 0) is 4.74 Å². The minimum atomic E-state index is 0.196. The lowest BCUT2D eigenvalue weighted by Gasteiger charge is -2.04. The third-order valence-corrected chi connectivity index (χ3v) is 3.53. The van der Waals surface area contributed by atoms with E-state index in [2.05, 4.69) is 22.9 Å². The van der Waals surface area contributed by atoms with Crippen molar-refractivity contribution in [3.05, 3.63) is 34.3 Å². The average molecular weight is 327 g/mol. The maximum atomic E-state index is 11.9. The second-order valence-corrected chi connectivity index (χ2v) is 5.62. The first kappa shape index (κ1) is 16.4. The van der Waals surface area contributed by atoms with Gasteiger partial charge in [-0.05, 0) is 25.0 Å². The normalized spacial score (nSPS) is 10.6. The first-order valence-corrected chi connectivity index (χ1v) is 7.90. The van der Waals surface area contributed by atoms with Crippen LogP contribution in [0.1, 0.15) is 55.8 Å². The van der Waals surface area contributed by atoms with Crippen LogP contribution in [-0.4, -0.2) is 19.0 Å². The van der Waals surface area contributed by atoms with Gasteiger partial charge in [0.05, 0.1) is 0 Å². The molecule has 106 valence electrons. The molecule has 19 heavy (non-hydrogen) atoms. The molecule has 1 rings (SSSR count). The van der Waals surface area contributed by atoms with Crippen molar-refractivity contribution >= 4 is 21.7 Å². The monoisotopic (exact) mass is 326 g/mol. The summed E-state index contributed by atoms with van der Waals surface area (Å²) >= 11 is 3.36. The van der Waals surface area contributed by atoms with Gasteiger partial charge in [-0.2, -0.15) is 0 Å². The molecule has 0 aliphatic heterocycles. The summed E-state index contributed by atoms with van der Waals surface area (Å²) < 4.78 is 6.53. The van der Waals surface area contributed by atoms with Gasteiger partial charge in [-0.25, -0.2) is 0 Å². The van der Waals surface area contributed by atoms with Gasteiger partial charge in [-0.1, -0.05) is 54.2 Å². The number of ketones is 1. The highest BCUT2D eigenvalue weighted by Gasteiger charge is 2.04. The van der Waals surface area contributed by atoms with Gasteiger partial charge in [-0.3, -0.25) is 4.79 Å². The van der Waals surface area contributed by atoms with E-state index < -0.39 is 0 Å². The van der Waals surface area contributed by atoms with Crippen molar-refractivity contribution in [1.82, 2.24) is 0 Å². The summed E-state index contributed by atoms with van der Waals surface area (Å²) in [4.78, 5) is 11.9. The molecular weight excluding hydrogens is 304 g/mol. The van der Waals surface area contributed by atoms with Gasteiger partial charge in [-0.15, -0.1) is 0 Å². The van der Waals surface area contributed by atoms with E-state index in [9.17, 15) is 4.79 Å². The molecule has 3 heteroatoms. The first-order valence-electron chi connectivity index (χ1n) is 7.10. The summed E-state index contributed by atoms with van der Waals surface area (Å²) in [5.74, 6) is 0.196. The van der Waals surface area contributed by atoms with E-state index in [-0.39, 0.29) is 5.78 Å². The Balaban J connectivity index is 2.06. The third-order valence-electron chi connectivity index (χ3n) is 3.00. The Bertz CT molecular complexity index is 360. The van der Waals surface area contributed by atoms with Crippen LogP contribution in [0.2, 0.25) is 0 Å². The molecule has 0 spiro atoms. The van der Waals surface area contributed by atoms with Crippen molar-refractivity contribution < 1.29 is 9.53 Å². The summed E-state index contributed by atoms with van der Waals surface area (Å²) in [5, 5.41) is 0. The molecule has 0 saturated carbocycles. The summed E-state index contributed by atoms with van der Waals surface area (Å²) in [5.41, 5.74) is 0.783. The molecule has 0 atom stereocenters. The predicted octanol–water partition coefficient (Wildman–Crippen LogP) is 5.01. The summed E-state index contributed by atoms with van der Waals surface area (Å²) in [6.07, 6.45) is 6.29. The quantitative estimate of drug-likeness (QED) is 0.446. The zero-order valence-corrected chi connectivity index (χ0v) is 13.2. The minimum absolute atomic E-state index is 0.196. The number of unbranched alkanes of at least 4 members (excludes halogenated alkanes) is 3. The van der Waals surface area contributed by atoms with Crippen molar-refractivity contribution in [2.24, 2.45) is 0 Å². The van der Waals surface area contributed by atoms with E-state index in [0.29, 0.717) is 13.0 Å². The van der Waals surface area contributed by atoms with Crippen molar-refractivity contribution in [1.29, 1.82) is 0 Å². The molecule has 0 N–H and O–H groups in total. The van der Waals surface area contributed by atoms with E-state index in [1.807, 2.05) is 24.3 Å². The molecule has 1 aromatic carbocycles. The van der Waals surface area contributed by atoms with Crippen LogP contribution in [0.4, 0.5) is 0 Å². The standard InChI is InChI=1S/C16H23BrO2/c1-2-3-4-5-12-19-13-6-7-16(18)14-8-10-15(17)11-9-14/h8-11H,2-7,12-13H2,1H3. The number of carbonyl (C=O) groups is 1. The number of benzene rings is 1.